The third-order valence-electron chi connectivity index (χ3n) is 3.79. The van der Waals surface area contributed by atoms with E-state index in [2.05, 4.69) is 12.2 Å². The van der Waals surface area contributed by atoms with Crippen molar-refractivity contribution in [3.05, 3.63) is 35.6 Å². The van der Waals surface area contributed by atoms with Crippen molar-refractivity contribution in [2.45, 2.75) is 38.6 Å². The van der Waals surface area contributed by atoms with Gasteiger partial charge in [-0.15, -0.1) is 0 Å². The largest absolute Gasteiger partial charge is 0.381 e. The van der Waals surface area contributed by atoms with Gasteiger partial charge in [0.25, 0.3) is 0 Å². The van der Waals surface area contributed by atoms with Gasteiger partial charge in [0.15, 0.2) is 0 Å². The molecular formula is C16H24FNO. The first-order valence-corrected chi connectivity index (χ1v) is 7.35. The van der Waals surface area contributed by atoms with Crippen LogP contribution in [0.5, 0.6) is 0 Å². The van der Waals surface area contributed by atoms with Crippen LogP contribution >= 0.6 is 0 Å². The maximum Gasteiger partial charge on any atom is 0.123 e. The van der Waals surface area contributed by atoms with Crippen molar-refractivity contribution in [1.82, 2.24) is 5.32 Å². The summed E-state index contributed by atoms with van der Waals surface area (Å²) in [7, 11) is 0. The molecule has 0 amide bonds. The Hall–Kier alpha value is -0.930. The molecule has 3 heteroatoms. The van der Waals surface area contributed by atoms with Crippen LogP contribution in [0.4, 0.5) is 4.39 Å². The molecule has 0 radical (unpaired) electrons. The molecular weight excluding hydrogens is 241 g/mol. The lowest BCUT2D eigenvalue weighted by molar-refractivity contribution is 0.0393. The quantitative estimate of drug-likeness (QED) is 0.853. The molecule has 19 heavy (non-hydrogen) atoms. The van der Waals surface area contributed by atoms with Gasteiger partial charge in [-0.2, -0.15) is 0 Å². The van der Waals surface area contributed by atoms with Crippen molar-refractivity contribution in [3.8, 4) is 0 Å². The van der Waals surface area contributed by atoms with E-state index in [4.69, 9.17) is 4.74 Å². The van der Waals surface area contributed by atoms with Crippen LogP contribution in [0.3, 0.4) is 0 Å². The van der Waals surface area contributed by atoms with Crippen molar-refractivity contribution >= 4 is 0 Å². The zero-order chi connectivity index (χ0) is 13.5. The number of halogens is 1. The Bertz CT molecular complexity index is 360. The predicted octanol–water partition coefficient (Wildman–Crippen LogP) is 3.16. The Kier molecular flexibility index (Phi) is 5.80. The highest BCUT2D eigenvalue weighted by Gasteiger charge is 2.23. The summed E-state index contributed by atoms with van der Waals surface area (Å²) in [6.07, 6.45) is 4.46. The summed E-state index contributed by atoms with van der Waals surface area (Å²) in [5.74, 6) is 0.410. The molecule has 1 fully saturated rings. The lowest BCUT2D eigenvalue weighted by Gasteiger charge is -2.31. The summed E-state index contributed by atoms with van der Waals surface area (Å²) in [5, 5.41) is 3.63. The minimum atomic E-state index is -0.164. The van der Waals surface area contributed by atoms with E-state index in [1.165, 1.54) is 12.0 Å². The third-order valence-corrected chi connectivity index (χ3v) is 3.79. The average Bonchev–Trinajstić information content (AvgIpc) is 2.46. The van der Waals surface area contributed by atoms with Gasteiger partial charge in [-0.3, -0.25) is 0 Å². The molecule has 1 N–H and O–H groups in total. The van der Waals surface area contributed by atoms with Gasteiger partial charge in [0.05, 0.1) is 6.61 Å². The highest BCUT2D eigenvalue weighted by Crippen LogP contribution is 2.20. The first-order chi connectivity index (χ1) is 9.29. The van der Waals surface area contributed by atoms with Crippen LogP contribution < -0.4 is 5.32 Å². The van der Waals surface area contributed by atoms with Crippen molar-refractivity contribution in [1.29, 1.82) is 0 Å². The molecule has 1 aromatic rings. The molecule has 1 aliphatic heterocycles. The van der Waals surface area contributed by atoms with E-state index in [0.29, 0.717) is 12.0 Å². The maximum absolute atomic E-state index is 12.9. The average molecular weight is 265 g/mol. The zero-order valence-electron chi connectivity index (χ0n) is 11.7. The normalized spacial score (nSPS) is 21.3. The summed E-state index contributed by atoms with van der Waals surface area (Å²) >= 11 is 0. The van der Waals surface area contributed by atoms with Crippen LogP contribution in [-0.4, -0.2) is 25.8 Å². The highest BCUT2D eigenvalue weighted by atomic mass is 19.1. The van der Waals surface area contributed by atoms with Crippen LogP contribution in [0.15, 0.2) is 24.3 Å². The Morgan fingerprint density at radius 1 is 1.37 bits per heavy atom. The number of rotatable bonds is 6. The van der Waals surface area contributed by atoms with E-state index in [9.17, 15) is 4.39 Å². The third kappa shape index (κ3) is 4.59. The Morgan fingerprint density at radius 3 is 2.79 bits per heavy atom. The fourth-order valence-corrected chi connectivity index (χ4v) is 2.69. The molecule has 1 heterocycles. The number of hydrogen-bond donors (Lipinski definition) is 1. The van der Waals surface area contributed by atoms with Crippen LogP contribution in [0.25, 0.3) is 0 Å². The van der Waals surface area contributed by atoms with Gasteiger partial charge in [0.2, 0.25) is 0 Å². The molecule has 2 rings (SSSR count). The molecule has 1 saturated heterocycles. The molecule has 0 aliphatic carbocycles. The fraction of sp³-hybridized carbons (Fsp3) is 0.625. The van der Waals surface area contributed by atoms with E-state index in [1.54, 1.807) is 12.1 Å². The second-order valence-corrected chi connectivity index (χ2v) is 5.37. The summed E-state index contributed by atoms with van der Waals surface area (Å²) in [5.41, 5.74) is 1.19. The molecule has 0 bridgehead atoms. The topological polar surface area (TPSA) is 21.3 Å². The van der Waals surface area contributed by atoms with E-state index in [-0.39, 0.29) is 5.82 Å². The molecule has 2 unspecified atom stereocenters. The molecule has 0 saturated carbocycles. The van der Waals surface area contributed by atoms with Gasteiger partial charge in [-0.25, -0.2) is 4.39 Å². The molecule has 1 aliphatic rings. The van der Waals surface area contributed by atoms with Gasteiger partial charge in [-0.05, 0) is 55.8 Å². The van der Waals surface area contributed by atoms with Gasteiger partial charge >= 0.3 is 0 Å². The number of nitrogens with one attached hydrogen (secondary N) is 1. The number of ether oxygens (including phenoxy) is 1. The van der Waals surface area contributed by atoms with Crippen molar-refractivity contribution in [3.63, 3.8) is 0 Å². The number of benzene rings is 1. The Balaban J connectivity index is 1.97. The van der Waals surface area contributed by atoms with E-state index in [0.717, 1.165) is 39.0 Å². The molecule has 2 nitrogen and oxygen atoms in total. The van der Waals surface area contributed by atoms with Gasteiger partial charge in [0.1, 0.15) is 5.82 Å². The number of hydrogen-bond acceptors (Lipinski definition) is 2. The van der Waals surface area contributed by atoms with Crippen molar-refractivity contribution in [2.24, 2.45) is 5.92 Å². The summed E-state index contributed by atoms with van der Waals surface area (Å²) < 4.78 is 18.5. The van der Waals surface area contributed by atoms with Crippen molar-refractivity contribution in [2.75, 3.05) is 19.8 Å². The Labute approximate surface area is 115 Å². The summed E-state index contributed by atoms with van der Waals surface area (Å²) in [4.78, 5) is 0. The first kappa shape index (κ1) is 14.5. The van der Waals surface area contributed by atoms with E-state index < -0.39 is 0 Å². The van der Waals surface area contributed by atoms with Crippen LogP contribution in [0.2, 0.25) is 0 Å². The molecule has 2 atom stereocenters. The predicted molar refractivity (Wildman–Crippen MR) is 75.7 cm³/mol. The lowest BCUT2D eigenvalue weighted by Crippen LogP contribution is -2.42. The van der Waals surface area contributed by atoms with Crippen LogP contribution in [0, 0.1) is 11.7 Å². The summed E-state index contributed by atoms with van der Waals surface area (Å²) in [6, 6.07) is 7.30. The Morgan fingerprint density at radius 2 is 2.16 bits per heavy atom. The second kappa shape index (κ2) is 7.61. The highest BCUT2D eigenvalue weighted by molar-refractivity contribution is 5.17. The first-order valence-electron chi connectivity index (χ1n) is 7.35. The van der Waals surface area contributed by atoms with Gasteiger partial charge in [-0.1, -0.05) is 19.1 Å². The minimum Gasteiger partial charge on any atom is -0.381 e. The summed E-state index contributed by atoms with van der Waals surface area (Å²) in [6.45, 7) is 4.96. The zero-order valence-corrected chi connectivity index (χ0v) is 11.7. The second-order valence-electron chi connectivity index (χ2n) is 5.37. The van der Waals surface area contributed by atoms with Crippen LogP contribution in [0.1, 0.15) is 31.7 Å². The maximum atomic E-state index is 12.9. The SMILES string of the molecule is CCCNC(Cc1ccc(F)cc1)C1CCCOC1. The molecule has 0 spiro atoms. The van der Waals surface area contributed by atoms with Crippen molar-refractivity contribution < 1.29 is 9.13 Å². The molecule has 0 aromatic heterocycles. The molecule has 1 aromatic carbocycles. The molecule has 106 valence electrons. The standard InChI is InChI=1S/C16H24FNO/c1-2-9-18-16(14-4-3-10-19-12-14)11-13-5-7-15(17)8-6-13/h5-8,14,16,18H,2-4,9-12H2,1H3. The van der Waals surface area contributed by atoms with Gasteiger partial charge < -0.3 is 10.1 Å². The van der Waals surface area contributed by atoms with E-state index >= 15 is 0 Å². The van der Waals surface area contributed by atoms with E-state index in [1.807, 2.05) is 12.1 Å². The monoisotopic (exact) mass is 265 g/mol. The lowest BCUT2D eigenvalue weighted by atomic mass is 9.89. The smallest absolute Gasteiger partial charge is 0.123 e. The fourth-order valence-electron chi connectivity index (χ4n) is 2.69. The van der Waals surface area contributed by atoms with Gasteiger partial charge in [0, 0.05) is 12.6 Å². The minimum absolute atomic E-state index is 0.164. The van der Waals surface area contributed by atoms with Crippen LogP contribution in [-0.2, 0) is 11.2 Å².